The summed E-state index contributed by atoms with van der Waals surface area (Å²) in [5.74, 6) is 0. The third-order valence-electron chi connectivity index (χ3n) is 3.87. The number of hydrogen-bond acceptors (Lipinski definition) is 4. The van der Waals surface area contributed by atoms with Gasteiger partial charge in [0.05, 0.1) is 3.79 Å². The average molecular weight is 381 g/mol. The van der Waals surface area contributed by atoms with Gasteiger partial charge in [-0.25, -0.2) is 8.42 Å². The summed E-state index contributed by atoms with van der Waals surface area (Å²) in [5, 5.41) is 0. The van der Waals surface area contributed by atoms with Gasteiger partial charge in [-0.1, -0.05) is 6.92 Å². The molecular weight excluding hydrogens is 360 g/mol. The first-order valence-electron chi connectivity index (χ1n) is 6.82. The molecule has 2 rings (SSSR count). The van der Waals surface area contributed by atoms with Gasteiger partial charge >= 0.3 is 0 Å². The minimum atomic E-state index is -3.36. The summed E-state index contributed by atoms with van der Waals surface area (Å²) in [6.45, 7) is 6.69. The van der Waals surface area contributed by atoms with Gasteiger partial charge in [-0.2, -0.15) is 4.31 Å². The van der Waals surface area contributed by atoms with E-state index in [9.17, 15) is 8.42 Å². The van der Waals surface area contributed by atoms with Crippen molar-refractivity contribution in [3.63, 3.8) is 0 Å². The summed E-state index contributed by atoms with van der Waals surface area (Å²) in [4.78, 5) is 2.36. The summed E-state index contributed by atoms with van der Waals surface area (Å²) in [6, 6.07) is 2.09. The van der Waals surface area contributed by atoms with Crippen LogP contribution in [0.25, 0.3) is 0 Å². The molecule has 1 aromatic rings. The van der Waals surface area contributed by atoms with Crippen LogP contribution in [0.1, 0.15) is 25.3 Å². The number of likely N-dealkylation sites (tertiary alicyclic amines) is 1. The zero-order valence-electron chi connectivity index (χ0n) is 12.1. The topological polar surface area (TPSA) is 40.6 Å². The monoisotopic (exact) mass is 380 g/mol. The van der Waals surface area contributed by atoms with Crippen LogP contribution in [0.15, 0.2) is 14.1 Å². The van der Waals surface area contributed by atoms with E-state index in [2.05, 4.69) is 27.8 Å². The van der Waals surface area contributed by atoms with Crippen molar-refractivity contribution in [1.82, 2.24) is 9.21 Å². The molecule has 0 spiro atoms. The number of thiophene rings is 1. The summed E-state index contributed by atoms with van der Waals surface area (Å²) in [6.07, 6.45) is 2.25. The van der Waals surface area contributed by atoms with Crippen LogP contribution >= 0.6 is 27.3 Å². The van der Waals surface area contributed by atoms with Gasteiger partial charge < -0.3 is 0 Å². The van der Waals surface area contributed by atoms with E-state index in [0.717, 1.165) is 35.3 Å². The Morgan fingerprint density at radius 3 is 2.80 bits per heavy atom. The highest BCUT2D eigenvalue weighted by molar-refractivity contribution is 9.11. The van der Waals surface area contributed by atoms with E-state index >= 15 is 0 Å². The molecule has 1 saturated heterocycles. The van der Waals surface area contributed by atoms with Crippen LogP contribution in [0.3, 0.4) is 0 Å². The smallest absolute Gasteiger partial charge is 0.252 e. The lowest BCUT2D eigenvalue weighted by Gasteiger charge is -2.27. The molecule has 1 atom stereocenters. The highest BCUT2D eigenvalue weighted by Gasteiger charge is 2.30. The first-order chi connectivity index (χ1) is 9.36. The fourth-order valence-electron chi connectivity index (χ4n) is 2.63. The SMILES string of the molecule is CCN1CCCC1CN(C)S(=O)(=O)c1cc(C)c(Br)s1. The number of likely N-dealkylation sites (N-methyl/N-ethyl adjacent to an activating group) is 2. The van der Waals surface area contributed by atoms with Crippen molar-refractivity contribution < 1.29 is 8.42 Å². The first-order valence-corrected chi connectivity index (χ1v) is 9.87. The number of aryl methyl sites for hydroxylation is 1. The number of sulfonamides is 1. The molecule has 0 aliphatic carbocycles. The molecule has 1 aliphatic rings. The maximum absolute atomic E-state index is 12.6. The maximum Gasteiger partial charge on any atom is 0.252 e. The Hall–Kier alpha value is 0.0500. The van der Waals surface area contributed by atoms with Gasteiger partial charge in [0.2, 0.25) is 0 Å². The summed E-state index contributed by atoms with van der Waals surface area (Å²) < 4.78 is 28.0. The van der Waals surface area contributed by atoms with Gasteiger partial charge in [0.25, 0.3) is 10.0 Å². The van der Waals surface area contributed by atoms with Gasteiger partial charge in [-0.15, -0.1) is 11.3 Å². The molecule has 1 aliphatic heterocycles. The highest BCUT2D eigenvalue weighted by atomic mass is 79.9. The largest absolute Gasteiger partial charge is 0.299 e. The number of halogens is 1. The molecule has 0 bridgehead atoms. The van der Waals surface area contributed by atoms with Gasteiger partial charge in [0.1, 0.15) is 4.21 Å². The van der Waals surface area contributed by atoms with Gasteiger partial charge in [0.15, 0.2) is 0 Å². The molecule has 0 aromatic carbocycles. The summed E-state index contributed by atoms with van der Waals surface area (Å²) in [7, 11) is -1.68. The lowest BCUT2D eigenvalue weighted by molar-refractivity contribution is 0.238. The van der Waals surface area contributed by atoms with E-state index < -0.39 is 10.0 Å². The van der Waals surface area contributed by atoms with E-state index in [-0.39, 0.29) is 0 Å². The Bertz CT molecular complexity index is 551. The Balaban J connectivity index is 2.13. The molecule has 1 aromatic heterocycles. The fourth-order valence-corrected chi connectivity index (χ4v) is 6.27. The van der Waals surface area contributed by atoms with Crippen molar-refractivity contribution in [2.75, 3.05) is 26.7 Å². The lowest BCUT2D eigenvalue weighted by atomic mass is 10.2. The molecule has 7 heteroatoms. The molecule has 0 amide bonds. The zero-order valence-corrected chi connectivity index (χ0v) is 15.3. The molecule has 0 radical (unpaired) electrons. The van der Waals surface area contributed by atoms with Crippen molar-refractivity contribution in [3.05, 3.63) is 15.4 Å². The van der Waals surface area contributed by atoms with E-state index in [1.165, 1.54) is 15.6 Å². The number of hydrogen-bond donors (Lipinski definition) is 0. The van der Waals surface area contributed by atoms with Crippen LogP contribution < -0.4 is 0 Å². The second-order valence-electron chi connectivity index (χ2n) is 5.23. The van der Waals surface area contributed by atoms with Crippen molar-refractivity contribution in [3.8, 4) is 0 Å². The van der Waals surface area contributed by atoms with Crippen molar-refractivity contribution in [1.29, 1.82) is 0 Å². The minimum Gasteiger partial charge on any atom is -0.299 e. The molecule has 20 heavy (non-hydrogen) atoms. The second-order valence-corrected chi connectivity index (χ2v) is 9.87. The van der Waals surface area contributed by atoms with Crippen LogP contribution in [0.2, 0.25) is 0 Å². The van der Waals surface area contributed by atoms with Gasteiger partial charge in [0, 0.05) is 19.6 Å². The minimum absolute atomic E-state index is 0.351. The summed E-state index contributed by atoms with van der Waals surface area (Å²) in [5.41, 5.74) is 0.970. The van der Waals surface area contributed by atoms with Crippen molar-refractivity contribution in [2.24, 2.45) is 0 Å². The third-order valence-corrected chi connectivity index (χ3v) is 8.28. The van der Waals surface area contributed by atoms with Crippen LogP contribution in [-0.4, -0.2) is 50.3 Å². The van der Waals surface area contributed by atoms with Gasteiger partial charge in [-0.3, -0.25) is 4.90 Å². The highest BCUT2D eigenvalue weighted by Crippen LogP contribution is 2.32. The molecule has 0 N–H and O–H groups in total. The lowest BCUT2D eigenvalue weighted by Crippen LogP contribution is -2.40. The predicted molar refractivity (Wildman–Crippen MR) is 86.8 cm³/mol. The Labute approximate surface area is 133 Å². The average Bonchev–Trinajstić information content (AvgIpc) is 2.97. The molecule has 1 fully saturated rings. The third kappa shape index (κ3) is 3.27. The molecule has 4 nitrogen and oxygen atoms in total. The molecule has 114 valence electrons. The molecule has 2 heterocycles. The van der Waals surface area contributed by atoms with Crippen LogP contribution in [0, 0.1) is 6.92 Å². The molecule has 1 unspecified atom stereocenters. The maximum atomic E-state index is 12.6. The second kappa shape index (κ2) is 6.44. The number of nitrogens with zero attached hydrogens (tertiary/aromatic N) is 2. The van der Waals surface area contributed by atoms with Crippen molar-refractivity contribution in [2.45, 2.75) is 36.9 Å². The van der Waals surface area contributed by atoms with Crippen LogP contribution in [0.5, 0.6) is 0 Å². The van der Waals surface area contributed by atoms with E-state index in [1.54, 1.807) is 13.1 Å². The van der Waals surface area contributed by atoms with Crippen LogP contribution in [0.4, 0.5) is 0 Å². The van der Waals surface area contributed by atoms with Crippen molar-refractivity contribution >= 4 is 37.3 Å². The van der Waals surface area contributed by atoms with E-state index in [0.29, 0.717) is 16.8 Å². The number of rotatable bonds is 5. The molecule has 0 saturated carbocycles. The Morgan fingerprint density at radius 2 is 2.25 bits per heavy atom. The van der Waals surface area contributed by atoms with E-state index in [4.69, 9.17) is 0 Å². The van der Waals surface area contributed by atoms with Gasteiger partial charge in [-0.05, 0) is 60.4 Å². The van der Waals surface area contributed by atoms with E-state index in [1.807, 2.05) is 6.92 Å². The molecular formula is C13H21BrN2O2S2. The zero-order chi connectivity index (χ0) is 14.9. The standard InChI is InChI=1S/C13H21BrN2O2S2/c1-4-16-7-5-6-11(16)9-15(3)20(17,18)12-8-10(2)13(14)19-12/h8,11H,4-7,9H2,1-3H3. The fraction of sp³-hybridized carbons (Fsp3) is 0.692. The normalized spacial score (nSPS) is 20.9. The predicted octanol–water partition coefficient (Wildman–Crippen LogP) is 2.92. The van der Waals surface area contributed by atoms with Crippen LogP contribution in [-0.2, 0) is 10.0 Å². The Kier molecular flexibility index (Phi) is 5.29. The Morgan fingerprint density at radius 1 is 1.55 bits per heavy atom. The summed E-state index contributed by atoms with van der Waals surface area (Å²) >= 11 is 4.68. The quantitative estimate of drug-likeness (QED) is 0.788. The first kappa shape index (κ1) is 16.4.